The first-order chi connectivity index (χ1) is 11.0. The monoisotopic (exact) mass is 319 g/mol. The minimum Gasteiger partial charge on any atom is -0.497 e. The molecule has 0 aliphatic heterocycles. The van der Waals surface area contributed by atoms with E-state index >= 15 is 0 Å². The van der Waals surface area contributed by atoms with Crippen molar-refractivity contribution >= 4 is 17.6 Å². The Kier molecular flexibility index (Phi) is 4.15. The Hall–Kier alpha value is -2.24. The van der Waals surface area contributed by atoms with Gasteiger partial charge in [0, 0.05) is 6.07 Å². The lowest BCUT2D eigenvalue weighted by molar-refractivity contribution is -0.148. The van der Waals surface area contributed by atoms with E-state index < -0.39 is 17.8 Å². The number of hydrogen-bond acceptors (Lipinski definition) is 4. The van der Waals surface area contributed by atoms with Gasteiger partial charge in [0.2, 0.25) is 5.91 Å². The van der Waals surface area contributed by atoms with Crippen molar-refractivity contribution in [2.75, 3.05) is 19.5 Å². The molecule has 1 amide bonds. The molecular weight excluding hydrogens is 298 g/mol. The minimum atomic E-state index is -0.862. The van der Waals surface area contributed by atoms with Crippen LogP contribution in [0.25, 0.3) is 0 Å². The molecule has 124 valence electrons. The SMILES string of the molecule is COc1ccc(NC(=O)[C@@H]2[C@H]3CC[C@H](C3)[C@H]2C(=O)O)c(OC)c1. The molecule has 2 bridgehead atoms. The average Bonchev–Trinajstić information content (AvgIpc) is 3.16. The highest BCUT2D eigenvalue weighted by atomic mass is 16.5. The topological polar surface area (TPSA) is 84.9 Å². The van der Waals surface area contributed by atoms with E-state index in [0.717, 1.165) is 19.3 Å². The molecule has 3 rings (SSSR count). The molecule has 1 aromatic rings. The molecule has 6 heteroatoms. The zero-order valence-corrected chi connectivity index (χ0v) is 13.2. The highest BCUT2D eigenvalue weighted by Crippen LogP contribution is 2.52. The summed E-state index contributed by atoms with van der Waals surface area (Å²) in [4.78, 5) is 24.2. The smallest absolute Gasteiger partial charge is 0.307 e. The first kappa shape index (κ1) is 15.6. The molecule has 0 spiro atoms. The Morgan fingerprint density at radius 1 is 1.13 bits per heavy atom. The van der Waals surface area contributed by atoms with E-state index in [4.69, 9.17) is 9.47 Å². The Balaban J connectivity index is 1.80. The third kappa shape index (κ3) is 2.73. The molecule has 0 radical (unpaired) electrons. The van der Waals surface area contributed by atoms with Crippen LogP contribution in [0.1, 0.15) is 19.3 Å². The maximum absolute atomic E-state index is 12.7. The number of anilines is 1. The van der Waals surface area contributed by atoms with Gasteiger partial charge in [-0.25, -0.2) is 0 Å². The molecule has 6 nitrogen and oxygen atoms in total. The number of hydrogen-bond donors (Lipinski definition) is 2. The van der Waals surface area contributed by atoms with Gasteiger partial charge < -0.3 is 19.9 Å². The molecule has 2 N–H and O–H groups in total. The van der Waals surface area contributed by atoms with Crippen molar-refractivity contribution in [1.82, 2.24) is 0 Å². The molecule has 0 saturated heterocycles. The van der Waals surface area contributed by atoms with Crippen molar-refractivity contribution < 1.29 is 24.2 Å². The largest absolute Gasteiger partial charge is 0.497 e. The lowest BCUT2D eigenvalue weighted by atomic mass is 9.78. The van der Waals surface area contributed by atoms with Crippen LogP contribution in [-0.2, 0) is 9.59 Å². The predicted molar refractivity (Wildman–Crippen MR) is 83.6 cm³/mol. The third-order valence-electron chi connectivity index (χ3n) is 5.17. The number of benzene rings is 1. The molecule has 1 aromatic carbocycles. The van der Waals surface area contributed by atoms with Crippen molar-refractivity contribution in [3.05, 3.63) is 18.2 Å². The second-order valence-electron chi connectivity index (χ2n) is 6.28. The zero-order chi connectivity index (χ0) is 16.6. The number of carbonyl (C=O) groups is 2. The van der Waals surface area contributed by atoms with Gasteiger partial charge in [-0.2, -0.15) is 0 Å². The van der Waals surface area contributed by atoms with E-state index in [-0.39, 0.29) is 17.7 Å². The Labute approximate surface area is 134 Å². The van der Waals surface area contributed by atoms with E-state index in [0.29, 0.717) is 17.2 Å². The number of aliphatic carboxylic acids is 1. The summed E-state index contributed by atoms with van der Waals surface area (Å²) in [6, 6.07) is 5.12. The molecule has 2 saturated carbocycles. The molecule has 2 aliphatic rings. The van der Waals surface area contributed by atoms with Gasteiger partial charge >= 0.3 is 5.97 Å². The molecule has 0 aromatic heterocycles. The first-order valence-corrected chi connectivity index (χ1v) is 7.80. The second-order valence-corrected chi connectivity index (χ2v) is 6.28. The summed E-state index contributed by atoms with van der Waals surface area (Å²) >= 11 is 0. The van der Waals surface area contributed by atoms with Crippen LogP contribution in [0.2, 0.25) is 0 Å². The summed E-state index contributed by atoms with van der Waals surface area (Å²) in [7, 11) is 3.07. The van der Waals surface area contributed by atoms with Crippen LogP contribution in [0, 0.1) is 23.7 Å². The summed E-state index contributed by atoms with van der Waals surface area (Å²) in [5.41, 5.74) is 0.533. The van der Waals surface area contributed by atoms with Crippen molar-refractivity contribution in [3.8, 4) is 11.5 Å². The molecule has 23 heavy (non-hydrogen) atoms. The number of rotatable bonds is 5. The molecular formula is C17H21NO5. The molecule has 4 atom stereocenters. The van der Waals surface area contributed by atoms with Crippen LogP contribution in [0.5, 0.6) is 11.5 Å². The van der Waals surface area contributed by atoms with Crippen LogP contribution in [0.4, 0.5) is 5.69 Å². The Bertz CT molecular complexity index is 629. The normalized spacial score (nSPS) is 28.4. The molecule has 0 unspecified atom stereocenters. The fraction of sp³-hybridized carbons (Fsp3) is 0.529. The molecule has 0 heterocycles. The number of carboxylic acid groups (broad SMARTS) is 1. The van der Waals surface area contributed by atoms with Gasteiger partial charge in [0.05, 0.1) is 31.7 Å². The third-order valence-corrected chi connectivity index (χ3v) is 5.17. The number of ether oxygens (including phenoxy) is 2. The number of amides is 1. The summed E-state index contributed by atoms with van der Waals surface area (Å²) in [5.74, 6) is -0.699. The summed E-state index contributed by atoms with van der Waals surface area (Å²) in [5, 5.41) is 12.3. The lowest BCUT2D eigenvalue weighted by Crippen LogP contribution is -2.37. The summed E-state index contributed by atoms with van der Waals surface area (Å²) in [6.45, 7) is 0. The molecule has 2 fully saturated rings. The van der Waals surface area contributed by atoms with Crippen molar-refractivity contribution in [3.63, 3.8) is 0 Å². The van der Waals surface area contributed by atoms with E-state index in [1.54, 1.807) is 25.3 Å². The number of carbonyl (C=O) groups excluding carboxylic acids is 1. The van der Waals surface area contributed by atoms with E-state index in [9.17, 15) is 14.7 Å². The highest BCUT2D eigenvalue weighted by molar-refractivity contribution is 5.97. The summed E-state index contributed by atoms with van der Waals surface area (Å²) in [6.07, 6.45) is 2.69. The van der Waals surface area contributed by atoms with Gasteiger partial charge in [0.25, 0.3) is 0 Å². The van der Waals surface area contributed by atoms with Crippen LogP contribution >= 0.6 is 0 Å². The number of fused-ring (bicyclic) bond motifs is 2. The van der Waals surface area contributed by atoms with Gasteiger partial charge in [0.1, 0.15) is 11.5 Å². The van der Waals surface area contributed by atoms with E-state index in [1.165, 1.54) is 7.11 Å². The van der Waals surface area contributed by atoms with Crippen LogP contribution in [0.15, 0.2) is 18.2 Å². The van der Waals surface area contributed by atoms with Gasteiger partial charge in [-0.1, -0.05) is 0 Å². The van der Waals surface area contributed by atoms with Gasteiger partial charge in [-0.15, -0.1) is 0 Å². The van der Waals surface area contributed by atoms with E-state index in [2.05, 4.69) is 5.32 Å². The lowest BCUT2D eigenvalue weighted by Gasteiger charge is -2.27. The fourth-order valence-corrected chi connectivity index (χ4v) is 4.14. The minimum absolute atomic E-state index is 0.131. The Morgan fingerprint density at radius 3 is 2.43 bits per heavy atom. The van der Waals surface area contributed by atoms with Crippen LogP contribution in [-0.4, -0.2) is 31.2 Å². The molecule has 2 aliphatic carbocycles. The Morgan fingerprint density at radius 2 is 1.83 bits per heavy atom. The van der Waals surface area contributed by atoms with Gasteiger partial charge in [0.15, 0.2) is 0 Å². The quantitative estimate of drug-likeness (QED) is 0.870. The summed E-state index contributed by atoms with van der Waals surface area (Å²) < 4.78 is 10.4. The predicted octanol–water partition coefficient (Wildman–Crippen LogP) is 2.39. The average molecular weight is 319 g/mol. The van der Waals surface area contributed by atoms with Crippen LogP contribution in [0.3, 0.4) is 0 Å². The van der Waals surface area contributed by atoms with Crippen molar-refractivity contribution in [2.24, 2.45) is 23.7 Å². The second kappa shape index (κ2) is 6.10. The van der Waals surface area contributed by atoms with Gasteiger partial charge in [-0.3, -0.25) is 9.59 Å². The fourth-order valence-electron chi connectivity index (χ4n) is 4.14. The maximum Gasteiger partial charge on any atom is 0.307 e. The number of nitrogens with one attached hydrogen (secondary N) is 1. The zero-order valence-electron chi connectivity index (χ0n) is 13.2. The standard InChI is InChI=1S/C17H21NO5/c1-22-11-5-6-12(13(8-11)23-2)18-16(19)14-9-3-4-10(7-9)15(14)17(20)21/h5-6,8-10,14-15H,3-4,7H2,1-2H3,(H,18,19)(H,20,21)/t9-,10+,14+,15+/m0/s1. The van der Waals surface area contributed by atoms with Crippen LogP contribution < -0.4 is 14.8 Å². The highest BCUT2D eigenvalue weighted by Gasteiger charge is 2.54. The van der Waals surface area contributed by atoms with Crippen molar-refractivity contribution in [1.29, 1.82) is 0 Å². The van der Waals surface area contributed by atoms with E-state index in [1.807, 2.05) is 0 Å². The maximum atomic E-state index is 12.7. The number of methoxy groups -OCH3 is 2. The number of carboxylic acids is 1. The van der Waals surface area contributed by atoms with Crippen molar-refractivity contribution in [2.45, 2.75) is 19.3 Å². The first-order valence-electron chi connectivity index (χ1n) is 7.80. The van der Waals surface area contributed by atoms with Gasteiger partial charge in [-0.05, 0) is 43.2 Å².